The summed E-state index contributed by atoms with van der Waals surface area (Å²) in [7, 11) is 0. The van der Waals surface area contributed by atoms with Crippen LogP contribution < -0.4 is 4.90 Å². The van der Waals surface area contributed by atoms with Gasteiger partial charge in [0.1, 0.15) is 11.6 Å². The van der Waals surface area contributed by atoms with Crippen LogP contribution in [0.15, 0.2) is 97.5 Å². The van der Waals surface area contributed by atoms with Crippen molar-refractivity contribution in [2.75, 3.05) is 31.1 Å². The fraction of sp³-hybridized carbons (Fsp3) is 0.188. The number of carbonyl (C=O) groups excluding carboxylic acids is 1. The number of rotatable bonds is 7. The lowest BCUT2D eigenvalue weighted by Gasteiger charge is -2.35. The first kappa shape index (κ1) is 24.8. The summed E-state index contributed by atoms with van der Waals surface area (Å²) in [6.07, 6.45) is 5.88. The Balaban J connectivity index is 1.13. The maximum atomic E-state index is 13.2. The topological polar surface area (TPSA) is 62.2 Å². The third kappa shape index (κ3) is 5.84. The van der Waals surface area contributed by atoms with Crippen LogP contribution in [0.1, 0.15) is 21.5 Å². The van der Waals surface area contributed by atoms with Gasteiger partial charge in [0.2, 0.25) is 0 Å². The van der Waals surface area contributed by atoms with Crippen LogP contribution >= 0.6 is 0 Å². The number of fused-ring (bicyclic) bond motifs is 1. The lowest BCUT2D eigenvalue weighted by Crippen LogP contribution is -2.46. The summed E-state index contributed by atoms with van der Waals surface area (Å²) in [5.41, 5.74) is 6.48. The number of ketones is 1. The van der Waals surface area contributed by atoms with Crippen molar-refractivity contribution in [2.24, 2.45) is 0 Å². The molecule has 1 aliphatic rings. The second-order valence-electron chi connectivity index (χ2n) is 9.86. The molecule has 0 spiro atoms. The third-order valence-electron chi connectivity index (χ3n) is 7.17. The van der Waals surface area contributed by atoms with Crippen LogP contribution in [0, 0.1) is 5.82 Å². The highest BCUT2D eigenvalue weighted by Gasteiger charge is 2.19. The molecule has 1 fully saturated rings. The first-order chi connectivity index (χ1) is 19.1. The van der Waals surface area contributed by atoms with Crippen LogP contribution in [0.4, 0.5) is 10.2 Å². The maximum absolute atomic E-state index is 13.2. The van der Waals surface area contributed by atoms with Crippen LogP contribution in [-0.4, -0.2) is 51.8 Å². The van der Waals surface area contributed by atoms with Gasteiger partial charge in [-0.25, -0.2) is 9.37 Å². The fourth-order valence-electron chi connectivity index (χ4n) is 4.96. The smallest absolute Gasteiger partial charge is 0.167 e. The number of hydrogen-bond acceptors (Lipinski definition) is 6. The number of anilines is 1. The Morgan fingerprint density at radius 2 is 1.56 bits per heavy atom. The molecule has 0 amide bonds. The fourth-order valence-corrected chi connectivity index (χ4v) is 4.96. The van der Waals surface area contributed by atoms with E-state index in [-0.39, 0.29) is 18.0 Å². The van der Waals surface area contributed by atoms with E-state index in [9.17, 15) is 9.18 Å². The minimum atomic E-state index is -0.345. The van der Waals surface area contributed by atoms with Crippen molar-refractivity contribution in [1.82, 2.24) is 19.9 Å². The summed E-state index contributed by atoms with van der Waals surface area (Å²) >= 11 is 0. The zero-order chi connectivity index (χ0) is 26.6. The summed E-state index contributed by atoms with van der Waals surface area (Å²) in [5, 5.41) is 0. The number of piperazine rings is 1. The number of nitrogens with zero attached hydrogens (tertiary/aromatic N) is 5. The third-order valence-corrected chi connectivity index (χ3v) is 7.17. The van der Waals surface area contributed by atoms with E-state index in [2.05, 4.69) is 31.9 Å². The molecule has 0 bridgehead atoms. The van der Waals surface area contributed by atoms with Gasteiger partial charge in [-0.3, -0.25) is 19.7 Å². The lowest BCUT2D eigenvalue weighted by molar-refractivity contribution is 0.0993. The Labute approximate surface area is 226 Å². The van der Waals surface area contributed by atoms with Crippen LogP contribution in [0.2, 0.25) is 0 Å². The number of halogens is 1. The Hall–Kier alpha value is -4.49. The molecule has 2 aromatic heterocycles. The SMILES string of the molecule is O=C(Cc1ccc(-c2ccc3ncc(N4CCN(Cc5cccnc5)CC4)nc3c2)cc1)c1ccc(F)cc1. The molecule has 194 valence electrons. The molecule has 1 saturated heterocycles. The molecule has 5 aromatic rings. The number of carbonyl (C=O) groups is 1. The van der Waals surface area contributed by atoms with Crippen molar-refractivity contribution in [2.45, 2.75) is 13.0 Å². The van der Waals surface area contributed by atoms with Gasteiger partial charge in [-0.05, 0) is 64.7 Å². The number of pyridine rings is 1. The van der Waals surface area contributed by atoms with Crippen molar-refractivity contribution in [3.05, 3.63) is 120 Å². The van der Waals surface area contributed by atoms with Crippen LogP contribution in [-0.2, 0) is 13.0 Å². The van der Waals surface area contributed by atoms with E-state index in [1.165, 1.54) is 29.8 Å². The van der Waals surface area contributed by atoms with Gasteiger partial charge >= 0.3 is 0 Å². The van der Waals surface area contributed by atoms with Crippen molar-refractivity contribution in [1.29, 1.82) is 0 Å². The maximum Gasteiger partial charge on any atom is 0.167 e. The van der Waals surface area contributed by atoms with E-state index < -0.39 is 0 Å². The summed E-state index contributed by atoms with van der Waals surface area (Å²) in [6.45, 7) is 4.64. The van der Waals surface area contributed by atoms with Crippen molar-refractivity contribution < 1.29 is 9.18 Å². The lowest BCUT2D eigenvalue weighted by atomic mass is 9.99. The van der Waals surface area contributed by atoms with E-state index in [0.29, 0.717) is 5.56 Å². The van der Waals surface area contributed by atoms with Crippen molar-refractivity contribution in [3.63, 3.8) is 0 Å². The van der Waals surface area contributed by atoms with Gasteiger partial charge in [-0.1, -0.05) is 36.4 Å². The zero-order valence-corrected chi connectivity index (χ0v) is 21.5. The van der Waals surface area contributed by atoms with Gasteiger partial charge in [0.05, 0.1) is 17.2 Å². The average molecular weight is 518 g/mol. The molecule has 0 N–H and O–H groups in total. The van der Waals surface area contributed by atoms with E-state index in [0.717, 1.165) is 66.3 Å². The molecule has 6 rings (SSSR count). The quantitative estimate of drug-likeness (QED) is 0.263. The summed E-state index contributed by atoms with van der Waals surface area (Å²) in [6, 6.07) is 23.9. The molecule has 0 aliphatic carbocycles. The highest BCUT2D eigenvalue weighted by Crippen LogP contribution is 2.25. The second kappa shape index (κ2) is 11.1. The summed E-state index contributed by atoms with van der Waals surface area (Å²) < 4.78 is 13.2. The predicted octanol–water partition coefficient (Wildman–Crippen LogP) is 5.58. The first-order valence-electron chi connectivity index (χ1n) is 13.1. The normalized spacial score (nSPS) is 14.0. The van der Waals surface area contributed by atoms with E-state index in [1.807, 2.05) is 54.9 Å². The number of Topliss-reactive ketones (excluding diaryl/α,β-unsaturated/α-hetero) is 1. The van der Waals surface area contributed by atoms with Crippen LogP contribution in [0.3, 0.4) is 0 Å². The Morgan fingerprint density at radius 3 is 2.31 bits per heavy atom. The highest BCUT2D eigenvalue weighted by molar-refractivity contribution is 5.97. The number of hydrogen-bond donors (Lipinski definition) is 0. The van der Waals surface area contributed by atoms with Gasteiger partial charge in [-0.15, -0.1) is 0 Å². The van der Waals surface area contributed by atoms with Gasteiger partial charge in [-0.2, -0.15) is 0 Å². The average Bonchev–Trinajstić information content (AvgIpc) is 2.98. The molecule has 0 saturated carbocycles. The Bertz CT molecular complexity index is 1580. The standard InChI is InChI=1S/C32H28FN5O/c33-28-10-7-26(8-11-28)31(39)18-23-3-5-25(6-4-23)27-9-12-29-30(19-27)36-32(21-35-29)38-16-14-37(15-17-38)22-24-2-1-13-34-20-24/h1-13,19-21H,14-18,22H2. The number of benzene rings is 3. The van der Waals surface area contributed by atoms with Gasteiger partial charge in [0.25, 0.3) is 0 Å². The van der Waals surface area contributed by atoms with Gasteiger partial charge < -0.3 is 4.90 Å². The molecular weight excluding hydrogens is 489 g/mol. The molecule has 3 heterocycles. The minimum absolute atomic E-state index is 0.0332. The molecule has 3 aromatic carbocycles. The highest BCUT2D eigenvalue weighted by atomic mass is 19.1. The van der Waals surface area contributed by atoms with Gasteiger partial charge in [0.15, 0.2) is 5.78 Å². The largest absolute Gasteiger partial charge is 0.353 e. The van der Waals surface area contributed by atoms with Crippen LogP contribution in [0.5, 0.6) is 0 Å². The van der Waals surface area contributed by atoms with E-state index >= 15 is 0 Å². The van der Waals surface area contributed by atoms with Crippen LogP contribution in [0.25, 0.3) is 22.2 Å². The molecule has 0 radical (unpaired) electrons. The summed E-state index contributed by atoms with van der Waals surface area (Å²) in [5.74, 6) is 0.520. The van der Waals surface area contributed by atoms with E-state index in [1.54, 1.807) is 6.20 Å². The molecule has 0 atom stereocenters. The second-order valence-corrected chi connectivity index (χ2v) is 9.86. The van der Waals surface area contributed by atoms with E-state index in [4.69, 9.17) is 4.98 Å². The Morgan fingerprint density at radius 1 is 0.795 bits per heavy atom. The first-order valence-corrected chi connectivity index (χ1v) is 13.1. The van der Waals surface area contributed by atoms with Crippen molar-refractivity contribution >= 4 is 22.6 Å². The monoisotopic (exact) mass is 517 g/mol. The Kier molecular flexibility index (Phi) is 7.06. The zero-order valence-electron chi connectivity index (χ0n) is 21.5. The predicted molar refractivity (Wildman–Crippen MR) is 151 cm³/mol. The van der Waals surface area contributed by atoms with Gasteiger partial charge in [0, 0.05) is 57.1 Å². The molecule has 39 heavy (non-hydrogen) atoms. The molecule has 0 unspecified atom stereocenters. The molecule has 7 heteroatoms. The molecular formula is C32H28FN5O. The van der Waals surface area contributed by atoms with Crippen molar-refractivity contribution in [3.8, 4) is 11.1 Å². The molecule has 1 aliphatic heterocycles. The minimum Gasteiger partial charge on any atom is -0.353 e. The number of aromatic nitrogens is 3. The molecule has 6 nitrogen and oxygen atoms in total. The summed E-state index contributed by atoms with van der Waals surface area (Å²) in [4.78, 5) is 31.1.